The number of nitrogens with zero attached hydrogens (tertiary/aromatic N) is 4. The number of nitrogen functional groups attached to an aromatic ring is 1. The summed E-state index contributed by atoms with van der Waals surface area (Å²) in [6.07, 6.45) is -0.841. The number of hydrogen-bond acceptors (Lipinski definition) is 10. The molecule has 0 amide bonds. The van der Waals surface area contributed by atoms with E-state index in [1.165, 1.54) is 12.7 Å². The molecule has 4 heterocycles. The first-order chi connectivity index (χ1) is 16.0. The summed E-state index contributed by atoms with van der Waals surface area (Å²) in [6, 6.07) is 13.7. The maximum absolute atomic E-state index is 13.1. The number of aromatic nitrogens is 4. The highest BCUT2D eigenvalue weighted by Crippen LogP contribution is 2.57. The van der Waals surface area contributed by atoms with Crippen LogP contribution in [-0.2, 0) is 29.5 Å². The van der Waals surface area contributed by atoms with Gasteiger partial charge in [0.2, 0.25) is 0 Å². The van der Waals surface area contributed by atoms with E-state index in [-0.39, 0.29) is 19.0 Å². The third-order valence-electron chi connectivity index (χ3n) is 5.82. The van der Waals surface area contributed by atoms with Crippen molar-refractivity contribution in [3.63, 3.8) is 0 Å². The van der Waals surface area contributed by atoms with Gasteiger partial charge in [-0.05, 0) is 22.4 Å². The summed E-state index contributed by atoms with van der Waals surface area (Å²) in [7, 11) is -3.92. The molecule has 12 heteroatoms. The van der Waals surface area contributed by atoms with Crippen molar-refractivity contribution in [2.24, 2.45) is 0 Å². The van der Waals surface area contributed by atoms with Gasteiger partial charge < -0.3 is 15.6 Å². The van der Waals surface area contributed by atoms with Gasteiger partial charge in [0.05, 0.1) is 19.5 Å². The van der Waals surface area contributed by atoms with Gasteiger partial charge in [0.1, 0.15) is 30.2 Å². The lowest BCUT2D eigenvalue weighted by Gasteiger charge is -2.30. The van der Waals surface area contributed by atoms with Crippen LogP contribution in [0.3, 0.4) is 0 Å². The standard InChI is InChI=1S/C21H20N5O6P/c22-19-16-20(24-10-23-19)26(11-25-16)21-17(27)18-15(31-21)9-30-33(28,32-18)29-8-12-5-6-13-3-1-2-4-14(13)7-12/h1-7,10-11,15,17-18,21,27H,8-9H2,(H2,22,23,24)/t15-,17-,18-,21-,33?/m1/s1. The normalized spacial score (nSPS) is 29.5. The summed E-state index contributed by atoms with van der Waals surface area (Å²) in [4.78, 5) is 12.3. The van der Waals surface area contributed by atoms with Crippen LogP contribution in [0.1, 0.15) is 11.8 Å². The summed E-state index contributed by atoms with van der Waals surface area (Å²) in [6.45, 7) is -0.0286. The summed E-state index contributed by atoms with van der Waals surface area (Å²) in [5.41, 5.74) is 7.46. The molecule has 0 bridgehead atoms. The van der Waals surface area contributed by atoms with Crippen LogP contribution in [0.15, 0.2) is 55.1 Å². The highest BCUT2D eigenvalue weighted by molar-refractivity contribution is 7.48. The average Bonchev–Trinajstić information content (AvgIpc) is 3.39. The minimum atomic E-state index is -3.92. The number of imidazole rings is 1. The van der Waals surface area contributed by atoms with Crippen molar-refractivity contribution in [3.8, 4) is 0 Å². The van der Waals surface area contributed by atoms with Gasteiger partial charge in [-0.2, -0.15) is 0 Å². The first-order valence-corrected chi connectivity index (χ1v) is 11.8. The quantitative estimate of drug-likeness (QED) is 0.428. The maximum atomic E-state index is 13.1. The Hall–Kier alpha value is -2.92. The molecule has 2 aromatic carbocycles. The van der Waals surface area contributed by atoms with Crippen LogP contribution >= 0.6 is 7.82 Å². The Labute approximate surface area is 187 Å². The molecule has 2 aliphatic heterocycles. The molecule has 33 heavy (non-hydrogen) atoms. The van der Waals surface area contributed by atoms with E-state index >= 15 is 0 Å². The zero-order chi connectivity index (χ0) is 22.6. The number of fused-ring (bicyclic) bond motifs is 3. The van der Waals surface area contributed by atoms with E-state index in [9.17, 15) is 9.67 Å². The Morgan fingerprint density at radius 3 is 2.91 bits per heavy atom. The Morgan fingerprint density at radius 1 is 1.18 bits per heavy atom. The van der Waals surface area contributed by atoms with Gasteiger partial charge in [-0.1, -0.05) is 36.4 Å². The molecule has 2 aromatic heterocycles. The van der Waals surface area contributed by atoms with Crippen LogP contribution in [0, 0.1) is 0 Å². The van der Waals surface area contributed by atoms with Gasteiger partial charge in [0, 0.05) is 0 Å². The van der Waals surface area contributed by atoms with Crippen LogP contribution in [0.4, 0.5) is 5.82 Å². The third-order valence-corrected chi connectivity index (χ3v) is 7.23. The Kier molecular flexibility index (Phi) is 4.91. The number of aliphatic hydroxyl groups is 1. The molecular weight excluding hydrogens is 449 g/mol. The van der Waals surface area contributed by atoms with Crippen LogP contribution in [0.25, 0.3) is 21.9 Å². The van der Waals surface area contributed by atoms with Gasteiger partial charge in [-0.3, -0.25) is 18.1 Å². The fourth-order valence-electron chi connectivity index (χ4n) is 4.16. The molecule has 2 fully saturated rings. The number of aliphatic hydroxyl groups excluding tert-OH is 1. The molecule has 2 saturated heterocycles. The lowest BCUT2D eigenvalue weighted by molar-refractivity contribution is -0.0714. The second-order valence-electron chi connectivity index (χ2n) is 7.91. The summed E-state index contributed by atoms with van der Waals surface area (Å²) in [5, 5.41) is 13.1. The molecular formula is C21H20N5O6P. The van der Waals surface area contributed by atoms with E-state index in [0.29, 0.717) is 11.2 Å². The van der Waals surface area contributed by atoms with E-state index in [0.717, 1.165) is 16.3 Å². The fraction of sp³-hybridized carbons (Fsp3) is 0.286. The van der Waals surface area contributed by atoms with E-state index in [1.54, 1.807) is 4.57 Å². The van der Waals surface area contributed by atoms with Crippen LogP contribution in [0.5, 0.6) is 0 Å². The molecule has 11 nitrogen and oxygen atoms in total. The third kappa shape index (κ3) is 3.59. The monoisotopic (exact) mass is 469 g/mol. The second-order valence-corrected chi connectivity index (χ2v) is 9.53. The minimum absolute atomic E-state index is 0.0300. The first kappa shape index (κ1) is 20.7. The van der Waals surface area contributed by atoms with Crippen molar-refractivity contribution in [2.75, 3.05) is 12.3 Å². The molecule has 0 aliphatic carbocycles. The molecule has 1 unspecified atom stereocenters. The number of rotatable bonds is 4. The minimum Gasteiger partial charge on any atom is -0.386 e. The zero-order valence-electron chi connectivity index (χ0n) is 17.2. The van der Waals surface area contributed by atoms with E-state index in [4.69, 9.17) is 24.0 Å². The molecule has 2 aliphatic rings. The lowest BCUT2D eigenvalue weighted by Crippen LogP contribution is -2.39. The van der Waals surface area contributed by atoms with Crippen molar-refractivity contribution in [3.05, 3.63) is 60.7 Å². The number of anilines is 1. The number of benzene rings is 2. The van der Waals surface area contributed by atoms with Gasteiger partial charge >= 0.3 is 7.82 Å². The first-order valence-electron chi connectivity index (χ1n) is 10.3. The van der Waals surface area contributed by atoms with Crippen molar-refractivity contribution in [1.82, 2.24) is 19.5 Å². The van der Waals surface area contributed by atoms with Crippen molar-refractivity contribution < 1.29 is 28.0 Å². The fourth-order valence-corrected chi connectivity index (χ4v) is 5.56. The molecule has 6 rings (SSSR count). The van der Waals surface area contributed by atoms with Crippen LogP contribution in [0.2, 0.25) is 0 Å². The Balaban J connectivity index is 1.18. The van der Waals surface area contributed by atoms with Crippen LogP contribution < -0.4 is 5.73 Å². The highest BCUT2D eigenvalue weighted by atomic mass is 31.2. The predicted molar refractivity (Wildman–Crippen MR) is 117 cm³/mol. The molecule has 5 atom stereocenters. The number of hydrogen-bond donors (Lipinski definition) is 2. The molecule has 170 valence electrons. The molecule has 0 spiro atoms. The Morgan fingerprint density at radius 2 is 2.03 bits per heavy atom. The van der Waals surface area contributed by atoms with Crippen molar-refractivity contribution in [1.29, 1.82) is 0 Å². The molecule has 4 aromatic rings. The SMILES string of the molecule is Nc1ncnc2c1ncn2[C@@H]1O[C@@H]2COP(=O)(OCc3ccc4ccccc4c3)O[C@H]2[C@H]1O. The molecule has 0 radical (unpaired) electrons. The summed E-state index contributed by atoms with van der Waals surface area (Å²) < 4.78 is 37.2. The topological polar surface area (TPSA) is 144 Å². The van der Waals surface area contributed by atoms with Gasteiger partial charge in [-0.25, -0.2) is 19.5 Å². The van der Waals surface area contributed by atoms with Gasteiger partial charge in [0.15, 0.2) is 17.7 Å². The largest absolute Gasteiger partial charge is 0.475 e. The summed E-state index contributed by atoms with van der Waals surface area (Å²) in [5.74, 6) is 0.217. The second kappa shape index (κ2) is 7.84. The number of nitrogens with two attached hydrogens (primary N) is 1. The van der Waals surface area contributed by atoms with E-state index < -0.39 is 32.4 Å². The van der Waals surface area contributed by atoms with Gasteiger partial charge in [0.25, 0.3) is 0 Å². The van der Waals surface area contributed by atoms with Crippen molar-refractivity contribution in [2.45, 2.75) is 31.1 Å². The number of phosphoric ester groups is 1. The highest BCUT2D eigenvalue weighted by Gasteiger charge is 2.53. The van der Waals surface area contributed by atoms with E-state index in [1.807, 2.05) is 42.5 Å². The molecule has 3 N–H and O–H groups in total. The Bertz CT molecular complexity index is 1400. The zero-order valence-corrected chi connectivity index (χ0v) is 18.1. The summed E-state index contributed by atoms with van der Waals surface area (Å²) >= 11 is 0. The number of ether oxygens (including phenoxy) is 1. The predicted octanol–water partition coefficient (Wildman–Crippen LogP) is 2.56. The molecule has 0 saturated carbocycles. The van der Waals surface area contributed by atoms with E-state index in [2.05, 4.69) is 15.0 Å². The average molecular weight is 469 g/mol. The van der Waals surface area contributed by atoms with Crippen molar-refractivity contribution >= 4 is 35.6 Å². The number of phosphoric acid groups is 1. The smallest absolute Gasteiger partial charge is 0.386 e. The maximum Gasteiger partial charge on any atom is 0.475 e. The van der Waals surface area contributed by atoms with Gasteiger partial charge in [-0.15, -0.1) is 0 Å². The van der Waals surface area contributed by atoms with Crippen LogP contribution in [-0.4, -0.2) is 49.5 Å². The lowest BCUT2D eigenvalue weighted by atomic mass is 10.1.